The molecule has 1 heterocycles. The highest BCUT2D eigenvalue weighted by Gasteiger charge is 2.17. The predicted octanol–water partition coefficient (Wildman–Crippen LogP) is 5.00. The molecule has 37 heavy (non-hydrogen) atoms. The Labute approximate surface area is 228 Å². The van der Waals surface area contributed by atoms with Gasteiger partial charge in [-0.2, -0.15) is 0 Å². The summed E-state index contributed by atoms with van der Waals surface area (Å²) < 4.78 is 6.94. The number of hydrogen-bond acceptors (Lipinski definition) is 7. The lowest BCUT2D eigenvalue weighted by atomic mass is 10.2. The van der Waals surface area contributed by atoms with Crippen molar-refractivity contribution in [3.63, 3.8) is 0 Å². The first-order valence-corrected chi connectivity index (χ1v) is 12.9. The summed E-state index contributed by atoms with van der Waals surface area (Å²) in [6.45, 7) is 7.75. The lowest BCUT2D eigenvalue weighted by Crippen LogP contribution is -2.25. The molecule has 9 nitrogen and oxygen atoms in total. The molecular formula is C25H25Cl2N5O4S. The van der Waals surface area contributed by atoms with Gasteiger partial charge in [0, 0.05) is 17.3 Å². The Bertz CT molecular complexity index is 1310. The number of carbonyl (C=O) groups excluding carboxylic acids is 3. The molecule has 0 spiro atoms. The molecule has 0 aliphatic rings. The third kappa shape index (κ3) is 8.08. The first-order valence-electron chi connectivity index (χ1n) is 11.2. The van der Waals surface area contributed by atoms with Gasteiger partial charge in [0.1, 0.15) is 0 Å². The van der Waals surface area contributed by atoms with Gasteiger partial charge in [-0.3, -0.25) is 9.59 Å². The molecule has 1 aromatic heterocycles. The summed E-state index contributed by atoms with van der Waals surface area (Å²) in [6.07, 6.45) is 1.42. The van der Waals surface area contributed by atoms with Crippen molar-refractivity contribution in [2.75, 3.05) is 11.1 Å². The zero-order chi connectivity index (χ0) is 26.9. The SMILES string of the molecule is C=CCn1c(CNC(=O)c2ccc(Cl)cc2Cl)nnc1SCC(=O)Nc1cccc(C(=O)OC(C)C)c1. The summed E-state index contributed by atoms with van der Waals surface area (Å²) in [5.74, 6) is -0.612. The summed E-state index contributed by atoms with van der Waals surface area (Å²) in [5.41, 5.74) is 1.10. The third-order valence-electron chi connectivity index (χ3n) is 4.75. The molecule has 0 bridgehead atoms. The first kappa shape index (κ1) is 28.2. The second kappa shape index (κ2) is 13.3. The molecule has 3 rings (SSSR count). The van der Waals surface area contributed by atoms with Crippen LogP contribution in [-0.2, 0) is 22.6 Å². The Morgan fingerprint density at radius 1 is 1.16 bits per heavy atom. The van der Waals surface area contributed by atoms with Crippen LogP contribution in [0.5, 0.6) is 0 Å². The molecule has 12 heteroatoms. The van der Waals surface area contributed by atoms with Crippen molar-refractivity contribution in [3.8, 4) is 0 Å². The number of allylic oxidation sites excluding steroid dienone is 1. The lowest BCUT2D eigenvalue weighted by molar-refractivity contribution is -0.113. The van der Waals surface area contributed by atoms with Crippen LogP contribution >= 0.6 is 35.0 Å². The number of nitrogens with one attached hydrogen (secondary N) is 2. The van der Waals surface area contributed by atoms with Gasteiger partial charge < -0.3 is 19.9 Å². The minimum atomic E-state index is -0.462. The number of nitrogens with zero attached hydrogens (tertiary/aromatic N) is 3. The van der Waals surface area contributed by atoms with Crippen molar-refractivity contribution in [3.05, 3.63) is 82.1 Å². The van der Waals surface area contributed by atoms with E-state index in [0.29, 0.717) is 33.8 Å². The Kier molecular flexibility index (Phi) is 10.1. The number of halogens is 2. The van der Waals surface area contributed by atoms with E-state index in [4.69, 9.17) is 27.9 Å². The van der Waals surface area contributed by atoms with Gasteiger partial charge >= 0.3 is 5.97 Å². The predicted molar refractivity (Wildman–Crippen MR) is 144 cm³/mol. The zero-order valence-electron chi connectivity index (χ0n) is 20.2. The molecule has 3 aromatic rings. The second-order valence-corrected chi connectivity index (χ2v) is 9.76. The molecule has 0 atom stereocenters. The van der Waals surface area contributed by atoms with Crippen LogP contribution in [0.2, 0.25) is 10.0 Å². The van der Waals surface area contributed by atoms with Crippen molar-refractivity contribution in [1.82, 2.24) is 20.1 Å². The van der Waals surface area contributed by atoms with E-state index in [0.717, 1.165) is 0 Å². The van der Waals surface area contributed by atoms with Crippen molar-refractivity contribution in [1.29, 1.82) is 0 Å². The lowest BCUT2D eigenvalue weighted by Gasteiger charge is -2.10. The highest BCUT2D eigenvalue weighted by atomic mass is 35.5. The number of aromatic nitrogens is 3. The van der Waals surface area contributed by atoms with Gasteiger partial charge in [-0.1, -0.05) is 47.1 Å². The third-order valence-corrected chi connectivity index (χ3v) is 6.26. The Balaban J connectivity index is 1.60. The number of ether oxygens (including phenoxy) is 1. The molecule has 0 unspecified atom stereocenters. The largest absolute Gasteiger partial charge is 0.459 e. The van der Waals surface area contributed by atoms with E-state index < -0.39 is 5.97 Å². The highest BCUT2D eigenvalue weighted by molar-refractivity contribution is 7.99. The van der Waals surface area contributed by atoms with Crippen LogP contribution in [0.15, 0.2) is 60.3 Å². The number of rotatable bonds is 11. The van der Waals surface area contributed by atoms with Crippen molar-refractivity contribution >= 4 is 58.4 Å². The van der Waals surface area contributed by atoms with E-state index >= 15 is 0 Å². The topological polar surface area (TPSA) is 115 Å². The number of amides is 2. The minimum absolute atomic E-state index is 0.0443. The fraction of sp³-hybridized carbons (Fsp3) is 0.240. The molecule has 2 amide bonds. The standard InChI is InChI=1S/C25H25Cl2N5O4S/c1-4-10-32-21(13-28-23(34)19-9-8-17(26)12-20(19)27)30-31-25(32)37-14-22(33)29-18-7-5-6-16(11-18)24(35)36-15(2)3/h4-9,11-12,15H,1,10,13-14H2,2-3H3,(H,28,34)(H,29,33). The van der Waals surface area contributed by atoms with Crippen LogP contribution in [0.1, 0.15) is 40.4 Å². The molecule has 0 saturated carbocycles. The zero-order valence-corrected chi connectivity index (χ0v) is 22.5. The fourth-order valence-corrected chi connectivity index (χ4v) is 4.39. The highest BCUT2D eigenvalue weighted by Crippen LogP contribution is 2.22. The van der Waals surface area contributed by atoms with E-state index in [-0.39, 0.29) is 40.8 Å². The molecule has 194 valence electrons. The van der Waals surface area contributed by atoms with Gasteiger partial charge in [-0.25, -0.2) is 4.79 Å². The summed E-state index contributed by atoms with van der Waals surface area (Å²) in [5, 5.41) is 15.0. The quantitative estimate of drug-likeness (QED) is 0.192. The Morgan fingerprint density at radius 3 is 2.65 bits per heavy atom. The molecule has 0 fully saturated rings. The molecule has 0 aliphatic heterocycles. The molecule has 0 aliphatic carbocycles. The van der Waals surface area contributed by atoms with Gasteiger partial charge in [-0.05, 0) is 50.2 Å². The second-order valence-electron chi connectivity index (χ2n) is 7.98. The number of hydrogen-bond donors (Lipinski definition) is 2. The van der Waals surface area contributed by atoms with Gasteiger partial charge in [0.2, 0.25) is 5.91 Å². The van der Waals surface area contributed by atoms with Gasteiger partial charge in [0.05, 0.1) is 34.6 Å². The fourth-order valence-electron chi connectivity index (χ4n) is 3.13. The Morgan fingerprint density at radius 2 is 1.95 bits per heavy atom. The molecule has 2 aromatic carbocycles. The van der Waals surface area contributed by atoms with E-state index in [1.165, 1.54) is 23.9 Å². The van der Waals surface area contributed by atoms with Crippen LogP contribution in [0.25, 0.3) is 0 Å². The minimum Gasteiger partial charge on any atom is -0.459 e. The maximum Gasteiger partial charge on any atom is 0.338 e. The van der Waals surface area contributed by atoms with Crippen LogP contribution in [0.4, 0.5) is 5.69 Å². The summed E-state index contributed by atoms with van der Waals surface area (Å²) in [4.78, 5) is 37.2. The van der Waals surface area contributed by atoms with Crippen LogP contribution in [0, 0.1) is 0 Å². The van der Waals surface area contributed by atoms with Crippen LogP contribution in [0.3, 0.4) is 0 Å². The average molecular weight is 562 g/mol. The van der Waals surface area contributed by atoms with Gasteiger partial charge in [-0.15, -0.1) is 16.8 Å². The van der Waals surface area contributed by atoms with E-state index in [9.17, 15) is 14.4 Å². The monoisotopic (exact) mass is 561 g/mol. The Hall–Kier alpha value is -3.34. The molecule has 2 N–H and O–H groups in total. The van der Waals surface area contributed by atoms with Crippen molar-refractivity contribution < 1.29 is 19.1 Å². The summed E-state index contributed by atoms with van der Waals surface area (Å²) in [6, 6.07) is 11.1. The summed E-state index contributed by atoms with van der Waals surface area (Å²) in [7, 11) is 0. The molecule has 0 saturated heterocycles. The normalized spacial score (nSPS) is 10.7. The van der Waals surface area contributed by atoms with E-state index in [1.54, 1.807) is 54.8 Å². The number of benzene rings is 2. The number of thioether (sulfide) groups is 1. The number of anilines is 1. The van der Waals surface area contributed by atoms with Crippen LogP contribution < -0.4 is 10.6 Å². The first-order chi connectivity index (χ1) is 17.7. The number of carbonyl (C=O) groups is 3. The maximum absolute atomic E-state index is 12.5. The smallest absolute Gasteiger partial charge is 0.338 e. The maximum atomic E-state index is 12.5. The summed E-state index contributed by atoms with van der Waals surface area (Å²) >= 11 is 13.2. The average Bonchev–Trinajstić information content (AvgIpc) is 3.22. The van der Waals surface area contributed by atoms with Crippen molar-refractivity contribution in [2.24, 2.45) is 0 Å². The molecular weight excluding hydrogens is 537 g/mol. The van der Waals surface area contributed by atoms with E-state index in [2.05, 4.69) is 27.4 Å². The molecule has 0 radical (unpaired) electrons. The van der Waals surface area contributed by atoms with Gasteiger partial charge in [0.25, 0.3) is 5.91 Å². The van der Waals surface area contributed by atoms with E-state index in [1.807, 2.05) is 0 Å². The van der Waals surface area contributed by atoms with Crippen molar-refractivity contribution in [2.45, 2.75) is 38.2 Å². The van der Waals surface area contributed by atoms with Crippen LogP contribution in [-0.4, -0.2) is 44.4 Å². The van der Waals surface area contributed by atoms with Gasteiger partial charge in [0.15, 0.2) is 11.0 Å². The number of esters is 1.